The molecule has 7 nitrogen and oxygen atoms in total. The van der Waals surface area contributed by atoms with Crippen LogP contribution in [0, 0.1) is 0 Å². The Morgan fingerprint density at radius 1 is 1.00 bits per heavy atom. The molecule has 29 heavy (non-hydrogen) atoms. The van der Waals surface area contributed by atoms with Crippen molar-refractivity contribution in [2.24, 2.45) is 0 Å². The van der Waals surface area contributed by atoms with Crippen molar-refractivity contribution in [2.45, 2.75) is 18.9 Å². The van der Waals surface area contributed by atoms with Gasteiger partial charge in [-0.05, 0) is 29.7 Å². The highest BCUT2D eigenvalue weighted by Crippen LogP contribution is 2.32. The molecule has 2 amide bonds. The molecule has 2 aromatic carbocycles. The fraction of sp³-hybridized carbons (Fsp3) is 0.364. The molecule has 0 spiro atoms. The van der Waals surface area contributed by atoms with Crippen LogP contribution >= 0.6 is 0 Å². The molecule has 0 aliphatic carbocycles. The maximum atomic E-state index is 13.1. The Morgan fingerprint density at radius 2 is 1.76 bits per heavy atom. The average Bonchev–Trinajstić information content (AvgIpc) is 3.25. The lowest BCUT2D eigenvalue weighted by molar-refractivity contribution is -0.140. The number of aryl methyl sites for hydroxylation is 1. The SMILES string of the molecule is O=C(CCc1ccc2c(c1)OCO2)NC(C(=O)N1CCOCC1)c1ccccc1. The number of fused-ring (bicyclic) bond motifs is 1. The van der Waals surface area contributed by atoms with E-state index in [2.05, 4.69) is 5.32 Å². The summed E-state index contributed by atoms with van der Waals surface area (Å²) in [5.74, 6) is 1.15. The molecule has 4 rings (SSSR count). The number of nitrogens with zero attached hydrogens (tertiary/aromatic N) is 1. The van der Waals surface area contributed by atoms with Crippen LogP contribution in [0.25, 0.3) is 0 Å². The Hall–Kier alpha value is -3.06. The number of carbonyl (C=O) groups is 2. The minimum atomic E-state index is -0.696. The summed E-state index contributed by atoms with van der Waals surface area (Å²) in [6, 6.07) is 14.3. The van der Waals surface area contributed by atoms with Gasteiger partial charge in [-0.3, -0.25) is 9.59 Å². The van der Waals surface area contributed by atoms with Crippen molar-refractivity contribution < 1.29 is 23.8 Å². The third kappa shape index (κ3) is 4.68. The Labute approximate surface area is 169 Å². The van der Waals surface area contributed by atoms with Crippen LogP contribution in [0.4, 0.5) is 0 Å². The molecule has 0 saturated carbocycles. The van der Waals surface area contributed by atoms with Crippen LogP contribution in [0.3, 0.4) is 0 Å². The number of amides is 2. The first-order valence-corrected chi connectivity index (χ1v) is 9.80. The molecule has 7 heteroatoms. The lowest BCUT2D eigenvalue weighted by Crippen LogP contribution is -2.47. The summed E-state index contributed by atoms with van der Waals surface area (Å²) in [6.07, 6.45) is 0.828. The number of benzene rings is 2. The van der Waals surface area contributed by atoms with E-state index in [1.807, 2.05) is 48.5 Å². The zero-order valence-electron chi connectivity index (χ0n) is 16.1. The number of ether oxygens (including phenoxy) is 3. The zero-order valence-corrected chi connectivity index (χ0v) is 16.1. The van der Waals surface area contributed by atoms with E-state index >= 15 is 0 Å². The van der Waals surface area contributed by atoms with E-state index < -0.39 is 6.04 Å². The highest BCUT2D eigenvalue weighted by Gasteiger charge is 2.28. The van der Waals surface area contributed by atoms with Gasteiger partial charge in [-0.1, -0.05) is 36.4 Å². The number of hydrogen-bond acceptors (Lipinski definition) is 5. The fourth-order valence-electron chi connectivity index (χ4n) is 3.49. The van der Waals surface area contributed by atoms with Gasteiger partial charge in [0.1, 0.15) is 6.04 Å². The van der Waals surface area contributed by atoms with Gasteiger partial charge >= 0.3 is 0 Å². The Balaban J connectivity index is 1.41. The van der Waals surface area contributed by atoms with E-state index in [-0.39, 0.29) is 25.0 Å². The molecule has 1 N–H and O–H groups in total. The molecule has 0 aromatic heterocycles. The van der Waals surface area contributed by atoms with Crippen LogP contribution in [0.5, 0.6) is 11.5 Å². The van der Waals surface area contributed by atoms with E-state index in [1.165, 1.54) is 0 Å². The van der Waals surface area contributed by atoms with Gasteiger partial charge in [-0.15, -0.1) is 0 Å². The molecule has 152 valence electrons. The van der Waals surface area contributed by atoms with E-state index in [0.717, 1.165) is 16.9 Å². The average molecular weight is 396 g/mol. The van der Waals surface area contributed by atoms with Gasteiger partial charge in [-0.2, -0.15) is 0 Å². The molecule has 2 aromatic rings. The molecule has 2 aliphatic heterocycles. The van der Waals surface area contributed by atoms with Crippen molar-refractivity contribution in [2.75, 3.05) is 33.1 Å². The number of carbonyl (C=O) groups excluding carboxylic acids is 2. The van der Waals surface area contributed by atoms with Crippen molar-refractivity contribution in [3.05, 3.63) is 59.7 Å². The number of hydrogen-bond donors (Lipinski definition) is 1. The van der Waals surface area contributed by atoms with Gasteiger partial charge < -0.3 is 24.4 Å². The maximum absolute atomic E-state index is 13.1. The summed E-state index contributed by atoms with van der Waals surface area (Å²) in [4.78, 5) is 27.5. The standard InChI is InChI=1S/C22H24N2O5/c25-20(9-7-16-6-8-18-19(14-16)29-15-28-18)23-21(17-4-2-1-3-5-17)22(26)24-10-12-27-13-11-24/h1-6,8,14,21H,7,9-13,15H2,(H,23,25). The van der Waals surface area contributed by atoms with Gasteiger partial charge in [0.05, 0.1) is 13.2 Å². The molecule has 2 aliphatic rings. The van der Waals surface area contributed by atoms with Gasteiger partial charge in [-0.25, -0.2) is 0 Å². The van der Waals surface area contributed by atoms with Crippen molar-refractivity contribution in [3.8, 4) is 11.5 Å². The van der Waals surface area contributed by atoms with Crippen LogP contribution in [-0.4, -0.2) is 49.8 Å². The number of rotatable bonds is 6. The van der Waals surface area contributed by atoms with Crippen molar-refractivity contribution in [3.63, 3.8) is 0 Å². The van der Waals surface area contributed by atoms with Crippen LogP contribution in [-0.2, 0) is 20.7 Å². The summed E-state index contributed by atoms with van der Waals surface area (Å²) in [6.45, 7) is 2.34. The third-order valence-corrected chi connectivity index (χ3v) is 5.09. The second kappa shape index (κ2) is 8.96. The summed E-state index contributed by atoms with van der Waals surface area (Å²) >= 11 is 0. The number of morpholine rings is 1. The van der Waals surface area contributed by atoms with Gasteiger partial charge in [0.25, 0.3) is 0 Å². The van der Waals surface area contributed by atoms with Crippen LogP contribution in [0.2, 0.25) is 0 Å². The van der Waals surface area contributed by atoms with Crippen LogP contribution in [0.1, 0.15) is 23.6 Å². The van der Waals surface area contributed by atoms with E-state index in [1.54, 1.807) is 4.90 Å². The highest BCUT2D eigenvalue weighted by molar-refractivity contribution is 5.88. The zero-order chi connectivity index (χ0) is 20.1. The normalized spacial score (nSPS) is 16.3. The molecule has 0 radical (unpaired) electrons. The van der Waals surface area contributed by atoms with E-state index in [9.17, 15) is 9.59 Å². The second-order valence-corrected chi connectivity index (χ2v) is 7.04. The first kappa shape index (κ1) is 19.3. The lowest BCUT2D eigenvalue weighted by atomic mass is 10.0. The minimum absolute atomic E-state index is 0.101. The summed E-state index contributed by atoms with van der Waals surface area (Å²) in [7, 11) is 0. The molecule has 0 bridgehead atoms. The monoisotopic (exact) mass is 396 g/mol. The largest absolute Gasteiger partial charge is 0.454 e. The van der Waals surface area contributed by atoms with E-state index in [4.69, 9.17) is 14.2 Å². The Morgan fingerprint density at radius 3 is 2.55 bits per heavy atom. The van der Waals surface area contributed by atoms with E-state index in [0.29, 0.717) is 38.5 Å². The number of nitrogens with one attached hydrogen (secondary N) is 1. The first-order valence-electron chi connectivity index (χ1n) is 9.80. The Bertz CT molecular complexity index is 865. The minimum Gasteiger partial charge on any atom is -0.454 e. The molecule has 1 fully saturated rings. The van der Waals surface area contributed by atoms with Crippen molar-refractivity contribution in [1.29, 1.82) is 0 Å². The van der Waals surface area contributed by atoms with Crippen LogP contribution in [0.15, 0.2) is 48.5 Å². The highest BCUT2D eigenvalue weighted by atomic mass is 16.7. The molecular formula is C22H24N2O5. The fourth-order valence-corrected chi connectivity index (χ4v) is 3.49. The predicted molar refractivity (Wildman–Crippen MR) is 106 cm³/mol. The molecule has 1 atom stereocenters. The predicted octanol–water partition coefficient (Wildman–Crippen LogP) is 2.06. The van der Waals surface area contributed by atoms with Crippen molar-refractivity contribution in [1.82, 2.24) is 10.2 Å². The van der Waals surface area contributed by atoms with Gasteiger partial charge in [0, 0.05) is 19.5 Å². The van der Waals surface area contributed by atoms with Gasteiger partial charge in [0.15, 0.2) is 11.5 Å². The Kier molecular flexibility index (Phi) is 5.95. The first-order chi connectivity index (χ1) is 14.2. The molecule has 2 heterocycles. The van der Waals surface area contributed by atoms with Crippen molar-refractivity contribution >= 4 is 11.8 Å². The maximum Gasteiger partial charge on any atom is 0.249 e. The van der Waals surface area contributed by atoms with Gasteiger partial charge in [0.2, 0.25) is 18.6 Å². The molecular weight excluding hydrogens is 372 g/mol. The topological polar surface area (TPSA) is 77.1 Å². The summed E-state index contributed by atoms with van der Waals surface area (Å²) < 4.78 is 16.0. The second-order valence-electron chi connectivity index (χ2n) is 7.04. The summed E-state index contributed by atoms with van der Waals surface area (Å²) in [5.41, 5.74) is 1.76. The molecule has 1 unspecified atom stereocenters. The summed E-state index contributed by atoms with van der Waals surface area (Å²) in [5, 5.41) is 2.93. The quantitative estimate of drug-likeness (QED) is 0.809. The lowest BCUT2D eigenvalue weighted by Gasteiger charge is -2.31. The molecule has 1 saturated heterocycles. The third-order valence-electron chi connectivity index (χ3n) is 5.09. The van der Waals surface area contributed by atoms with Crippen LogP contribution < -0.4 is 14.8 Å². The smallest absolute Gasteiger partial charge is 0.249 e.